The summed E-state index contributed by atoms with van der Waals surface area (Å²) < 4.78 is 38.4. The first-order chi connectivity index (χ1) is 17.5. The van der Waals surface area contributed by atoms with E-state index in [1.54, 1.807) is 37.3 Å². The van der Waals surface area contributed by atoms with Crippen LogP contribution in [0.1, 0.15) is 12.5 Å². The van der Waals surface area contributed by atoms with Crippen LogP contribution in [0.5, 0.6) is 0 Å². The summed E-state index contributed by atoms with van der Waals surface area (Å²) in [4.78, 5) is 48.6. The van der Waals surface area contributed by atoms with E-state index in [1.807, 2.05) is 0 Å². The second-order valence-corrected chi connectivity index (χ2v) is 9.03. The van der Waals surface area contributed by atoms with E-state index in [2.05, 4.69) is 26.2 Å². The zero-order valence-corrected chi connectivity index (χ0v) is 19.8. The maximum atomic E-state index is 13.2. The number of halogens is 4. The average Bonchev–Trinajstić information content (AvgIpc) is 3.49. The number of fused-ring (bicyclic) bond motifs is 1. The van der Waals surface area contributed by atoms with Crippen LogP contribution in [0.25, 0.3) is 0 Å². The zero-order chi connectivity index (χ0) is 26.5. The number of benzene rings is 1. The third-order valence-corrected chi connectivity index (χ3v) is 6.41. The molecule has 194 valence electrons. The largest absolute Gasteiger partial charge is 0.417 e. The summed E-state index contributed by atoms with van der Waals surface area (Å²) in [5.41, 5.74) is 1.36. The van der Waals surface area contributed by atoms with Crippen LogP contribution in [-0.4, -0.2) is 58.3 Å². The first-order valence-electron chi connectivity index (χ1n) is 11.0. The highest BCUT2D eigenvalue weighted by Gasteiger charge is 2.61. The predicted molar refractivity (Wildman–Crippen MR) is 124 cm³/mol. The van der Waals surface area contributed by atoms with Crippen LogP contribution >= 0.6 is 11.6 Å². The monoisotopic (exact) mass is 537 g/mol. The average molecular weight is 538 g/mol. The van der Waals surface area contributed by atoms with E-state index in [1.165, 1.54) is 5.01 Å². The zero-order valence-electron chi connectivity index (χ0n) is 19.0. The third kappa shape index (κ3) is 4.31. The van der Waals surface area contributed by atoms with Crippen molar-refractivity contribution in [1.82, 2.24) is 20.6 Å². The number of hydrogen-bond acceptors (Lipinski definition) is 8. The van der Waals surface area contributed by atoms with E-state index in [0.717, 1.165) is 11.0 Å². The molecule has 3 aliphatic rings. The number of rotatable bonds is 6. The van der Waals surface area contributed by atoms with E-state index < -0.39 is 47.3 Å². The number of imide groups is 1. The quantitative estimate of drug-likeness (QED) is 0.483. The normalized spacial score (nSPS) is 25.2. The molecule has 11 nitrogen and oxygen atoms in total. The lowest BCUT2D eigenvalue weighted by molar-refractivity contribution is -0.142. The third-order valence-electron chi connectivity index (χ3n) is 6.12. The minimum absolute atomic E-state index is 0.0289. The lowest BCUT2D eigenvalue weighted by Crippen LogP contribution is -2.58. The molecule has 0 radical (unpaired) electrons. The number of para-hydroxylation sites is 1. The van der Waals surface area contributed by atoms with E-state index in [0.29, 0.717) is 11.9 Å². The lowest BCUT2D eigenvalue weighted by atomic mass is 9.91. The van der Waals surface area contributed by atoms with Gasteiger partial charge in [0.2, 0.25) is 12.0 Å². The van der Waals surface area contributed by atoms with E-state index in [-0.39, 0.29) is 29.6 Å². The molecule has 3 atom stereocenters. The van der Waals surface area contributed by atoms with Crippen LogP contribution in [0, 0.1) is 5.92 Å². The molecule has 3 N–H and O–H groups in total. The summed E-state index contributed by atoms with van der Waals surface area (Å²) in [5.74, 6) is -2.32. The van der Waals surface area contributed by atoms with Gasteiger partial charge in [-0.15, -0.1) is 0 Å². The number of oxime groups is 1. The number of alkyl halides is 3. The van der Waals surface area contributed by atoms with Crippen molar-refractivity contribution in [2.24, 2.45) is 11.1 Å². The molecule has 2 aromatic rings. The van der Waals surface area contributed by atoms with Gasteiger partial charge in [-0.25, -0.2) is 14.8 Å². The molecule has 0 aliphatic carbocycles. The summed E-state index contributed by atoms with van der Waals surface area (Å²) in [6.45, 7) is 1.43. The summed E-state index contributed by atoms with van der Waals surface area (Å²) in [6, 6.07) is 8.97. The fraction of sp³-hybridized carbons (Fsp3) is 0.318. The Balaban J connectivity index is 1.26. The van der Waals surface area contributed by atoms with Crippen molar-refractivity contribution in [1.29, 1.82) is 0 Å². The predicted octanol–water partition coefficient (Wildman–Crippen LogP) is 2.36. The number of pyridine rings is 1. The topological polar surface area (TPSA) is 128 Å². The van der Waals surface area contributed by atoms with Crippen molar-refractivity contribution < 1.29 is 32.4 Å². The molecule has 37 heavy (non-hydrogen) atoms. The van der Waals surface area contributed by atoms with Gasteiger partial charge in [0.05, 0.1) is 16.3 Å². The Kier molecular flexibility index (Phi) is 5.95. The molecule has 3 aliphatic heterocycles. The molecule has 0 bridgehead atoms. The van der Waals surface area contributed by atoms with Crippen molar-refractivity contribution in [2.45, 2.75) is 24.9 Å². The highest BCUT2D eigenvalue weighted by molar-refractivity contribution is 6.33. The number of carbonyl (C=O) groups excluding carboxylic acids is 3. The summed E-state index contributed by atoms with van der Waals surface area (Å²) in [5, 5.41) is 10.4. The molecule has 4 heterocycles. The molecule has 15 heteroatoms. The standard InChI is InChI=1S/C22H19ClF3N7O4/c1-21(29-20(36)33(31-21)12-5-3-2-4-6-12)16-14-15(37-30-16)19(35)32(18(14)34)8-7-27-17-13(23)9-11(10-28-17)22(24,25)26/h2-6,9-10,14-15,31H,7-8H2,1H3,(H,27,28)(H,29,36). The van der Waals surface area contributed by atoms with Gasteiger partial charge in [0.25, 0.3) is 5.91 Å². The number of anilines is 2. The minimum atomic E-state index is -4.59. The van der Waals surface area contributed by atoms with Gasteiger partial charge in [0.1, 0.15) is 17.4 Å². The molecule has 0 saturated carbocycles. The van der Waals surface area contributed by atoms with E-state index in [9.17, 15) is 27.6 Å². The molecule has 3 unspecified atom stereocenters. The van der Waals surface area contributed by atoms with Gasteiger partial charge >= 0.3 is 12.2 Å². The van der Waals surface area contributed by atoms with Crippen LogP contribution in [0.2, 0.25) is 5.02 Å². The fourth-order valence-corrected chi connectivity index (χ4v) is 4.56. The highest BCUT2D eigenvalue weighted by Crippen LogP contribution is 2.35. The first-order valence-corrected chi connectivity index (χ1v) is 11.4. The van der Waals surface area contributed by atoms with Crippen LogP contribution in [0.3, 0.4) is 0 Å². The molecule has 5 rings (SSSR count). The Labute approximate surface area is 212 Å². The lowest BCUT2D eigenvalue weighted by Gasteiger charge is -2.26. The Hall–Kier alpha value is -3.91. The number of hydrazine groups is 1. The number of hydrogen-bond donors (Lipinski definition) is 3. The van der Waals surface area contributed by atoms with Crippen molar-refractivity contribution >= 4 is 46.7 Å². The maximum Gasteiger partial charge on any atom is 0.417 e. The second kappa shape index (κ2) is 8.88. The molecule has 0 spiro atoms. The highest BCUT2D eigenvalue weighted by atomic mass is 35.5. The van der Waals surface area contributed by atoms with Crippen molar-refractivity contribution in [3.05, 3.63) is 53.2 Å². The number of nitrogens with zero attached hydrogens (tertiary/aromatic N) is 4. The van der Waals surface area contributed by atoms with Gasteiger partial charge in [0.15, 0.2) is 5.66 Å². The molecule has 1 aromatic carbocycles. The Morgan fingerprint density at radius 1 is 1.19 bits per heavy atom. The SMILES string of the molecule is CC1(C2=NOC3C(=O)N(CCNc4ncc(C(F)(F)F)cc4Cl)C(=O)C23)NC(=O)N(c2ccccc2)N1. The number of likely N-dealkylation sites (tertiary alicyclic amines) is 1. The molecule has 1 aromatic heterocycles. The van der Waals surface area contributed by atoms with Crippen molar-refractivity contribution in [3.63, 3.8) is 0 Å². The molecule has 2 saturated heterocycles. The van der Waals surface area contributed by atoms with Gasteiger partial charge in [-0.3, -0.25) is 14.5 Å². The van der Waals surface area contributed by atoms with Crippen LogP contribution in [-0.2, 0) is 20.6 Å². The van der Waals surface area contributed by atoms with E-state index in [4.69, 9.17) is 16.4 Å². The van der Waals surface area contributed by atoms with Gasteiger partial charge in [-0.05, 0) is 25.1 Å². The summed E-state index contributed by atoms with van der Waals surface area (Å²) >= 11 is 5.89. The van der Waals surface area contributed by atoms with Crippen LogP contribution in [0.4, 0.5) is 29.5 Å². The summed E-state index contributed by atoms with van der Waals surface area (Å²) in [7, 11) is 0. The number of carbonyl (C=O) groups is 3. The smallest absolute Gasteiger partial charge is 0.381 e. The number of amides is 4. The molecular weight excluding hydrogens is 519 g/mol. The van der Waals surface area contributed by atoms with Gasteiger partial charge in [-0.2, -0.15) is 18.6 Å². The second-order valence-electron chi connectivity index (χ2n) is 8.63. The maximum absolute atomic E-state index is 13.2. The fourth-order valence-electron chi connectivity index (χ4n) is 4.32. The van der Waals surface area contributed by atoms with E-state index >= 15 is 0 Å². The Bertz CT molecular complexity index is 1310. The van der Waals surface area contributed by atoms with Crippen molar-refractivity contribution in [2.75, 3.05) is 23.4 Å². The molecule has 2 fully saturated rings. The van der Waals surface area contributed by atoms with Gasteiger partial charge in [0, 0.05) is 19.3 Å². The Morgan fingerprint density at radius 2 is 1.92 bits per heavy atom. The number of nitrogens with one attached hydrogen (secondary N) is 3. The van der Waals surface area contributed by atoms with Gasteiger partial charge < -0.3 is 15.5 Å². The van der Waals surface area contributed by atoms with Crippen molar-refractivity contribution in [3.8, 4) is 0 Å². The Morgan fingerprint density at radius 3 is 2.59 bits per heavy atom. The van der Waals surface area contributed by atoms with Gasteiger partial charge in [-0.1, -0.05) is 35.0 Å². The number of aromatic nitrogens is 1. The molecular formula is C22H19ClF3N7O4. The minimum Gasteiger partial charge on any atom is -0.381 e. The van der Waals surface area contributed by atoms with Crippen LogP contribution < -0.4 is 21.1 Å². The number of urea groups is 1. The summed E-state index contributed by atoms with van der Waals surface area (Å²) in [6.07, 6.45) is -5.16. The first kappa shape index (κ1) is 24.8. The molecule has 4 amide bonds. The van der Waals surface area contributed by atoms with Crippen LogP contribution in [0.15, 0.2) is 47.8 Å².